The number of hydrogen-bond acceptors (Lipinski definition) is 4. The van der Waals surface area contributed by atoms with E-state index in [-0.39, 0.29) is 18.4 Å². The van der Waals surface area contributed by atoms with Gasteiger partial charge in [-0.15, -0.1) is 0 Å². The summed E-state index contributed by atoms with van der Waals surface area (Å²) >= 11 is 0. The number of nitrogens with zero attached hydrogens (tertiary/aromatic N) is 2. The normalized spacial score (nSPS) is 15.6. The molecule has 3 N–H and O–H groups in total. The Morgan fingerprint density at radius 3 is 2.86 bits per heavy atom. The Hall–Kier alpha value is -2.63. The van der Waals surface area contributed by atoms with E-state index in [1.165, 1.54) is 6.20 Å². The Balaban J connectivity index is 2.01. The lowest BCUT2D eigenvalue weighted by Crippen LogP contribution is -2.37. The van der Waals surface area contributed by atoms with Gasteiger partial charge in [-0.05, 0) is 11.8 Å². The molecule has 2 heterocycles. The van der Waals surface area contributed by atoms with Crippen molar-refractivity contribution >= 4 is 28.4 Å². The lowest BCUT2D eigenvalue weighted by molar-refractivity contribution is -0.121. The maximum absolute atomic E-state index is 12.7. The molecule has 1 aliphatic heterocycles. The quantitative estimate of drug-likeness (QED) is 0.810. The first-order chi connectivity index (χ1) is 10.2. The molecule has 108 valence electrons. The molecular weight excluding hydrogens is 268 g/mol. The van der Waals surface area contributed by atoms with Gasteiger partial charge in [0.1, 0.15) is 5.82 Å². The van der Waals surface area contributed by atoms with Crippen LogP contribution in [0.5, 0.6) is 0 Å². The first-order valence-electron chi connectivity index (χ1n) is 6.86. The second-order valence-corrected chi connectivity index (χ2v) is 5.03. The number of carbonyl (C=O) groups is 2. The van der Waals surface area contributed by atoms with Crippen LogP contribution in [0.2, 0.25) is 0 Å². The van der Waals surface area contributed by atoms with Gasteiger partial charge in [0.15, 0.2) is 0 Å². The molecule has 1 aromatic heterocycles. The third-order valence-corrected chi connectivity index (χ3v) is 3.60. The van der Waals surface area contributed by atoms with Crippen molar-refractivity contribution in [2.45, 2.75) is 6.42 Å². The van der Waals surface area contributed by atoms with Crippen molar-refractivity contribution in [3.63, 3.8) is 0 Å². The summed E-state index contributed by atoms with van der Waals surface area (Å²) in [4.78, 5) is 29.9. The highest BCUT2D eigenvalue weighted by Crippen LogP contribution is 2.23. The van der Waals surface area contributed by atoms with E-state index in [4.69, 9.17) is 5.73 Å². The molecule has 1 aliphatic rings. The third-order valence-electron chi connectivity index (χ3n) is 3.60. The molecule has 2 amide bonds. The molecule has 0 radical (unpaired) electrons. The summed E-state index contributed by atoms with van der Waals surface area (Å²) in [6, 6.07) is 7.39. The first kappa shape index (κ1) is 13.4. The van der Waals surface area contributed by atoms with Crippen LogP contribution >= 0.6 is 0 Å². The predicted octanol–water partition coefficient (Wildman–Crippen LogP) is 0.779. The van der Waals surface area contributed by atoms with E-state index < -0.39 is 0 Å². The van der Waals surface area contributed by atoms with Crippen LogP contribution in [0.25, 0.3) is 10.8 Å². The maximum Gasteiger partial charge on any atom is 0.256 e. The predicted molar refractivity (Wildman–Crippen MR) is 79.7 cm³/mol. The number of benzene rings is 1. The van der Waals surface area contributed by atoms with Crippen molar-refractivity contribution < 1.29 is 9.59 Å². The van der Waals surface area contributed by atoms with Gasteiger partial charge in [-0.1, -0.05) is 24.3 Å². The molecule has 0 aliphatic carbocycles. The van der Waals surface area contributed by atoms with Gasteiger partial charge >= 0.3 is 0 Å². The number of nitrogen functional groups attached to an aromatic ring is 1. The molecule has 0 bridgehead atoms. The number of hydrogen-bond donors (Lipinski definition) is 2. The zero-order valence-corrected chi connectivity index (χ0v) is 11.5. The van der Waals surface area contributed by atoms with E-state index >= 15 is 0 Å². The lowest BCUT2D eigenvalue weighted by atomic mass is 10.1. The fourth-order valence-corrected chi connectivity index (χ4v) is 2.53. The molecular formula is C15H16N4O2. The molecule has 0 saturated carbocycles. The molecule has 1 fully saturated rings. The minimum absolute atomic E-state index is 0.0809. The highest BCUT2D eigenvalue weighted by molar-refractivity contribution is 6.09. The Bertz CT molecular complexity index is 714. The Morgan fingerprint density at radius 1 is 1.29 bits per heavy atom. The molecule has 1 saturated heterocycles. The molecule has 0 unspecified atom stereocenters. The molecule has 2 aromatic rings. The van der Waals surface area contributed by atoms with Crippen molar-refractivity contribution in [2.75, 3.05) is 25.4 Å². The summed E-state index contributed by atoms with van der Waals surface area (Å²) in [6.45, 7) is 1.23. The number of pyridine rings is 1. The average Bonchev–Trinajstić information content (AvgIpc) is 2.72. The molecule has 21 heavy (non-hydrogen) atoms. The Morgan fingerprint density at radius 2 is 2.05 bits per heavy atom. The minimum Gasteiger partial charge on any atom is -0.383 e. The largest absolute Gasteiger partial charge is 0.383 e. The summed E-state index contributed by atoms with van der Waals surface area (Å²) in [7, 11) is 0. The average molecular weight is 284 g/mol. The molecule has 3 rings (SSSR count). The van der Waals surface area contributed by atoms with Gasteiger partial charge in [-0.2, -0.15) is 0 Å². The summed E-state index contributed by atoms with van der Waals surface area (Å²) in [5.74, 6) is 0.0834. The highest BCUT2D eigenvalue weighted by Gasteiger charge is 2.23. The number of nitrogens with one attached hydrogen (secondary N) is 1. The Labute approximate surface area is 121 Å². The van der Waals surface area contributed by atoms with Gasteiger partial charge in [0.25, 0.3) is 5.91 Å². The smallest absolute Gasteiger partial charge is 0.256 e. The maximum atomic E-state index is 12.7. The van der Waals surface area contributed by atoms with Gasteiger partial charge in [0.2, 0.25) is 5.91 Å². The summed E-state index contributed by atoms with van der Waals surface area (Å²) in [6.07, 6.45) is 2.24. The number of nitrogens with two attached hydrogens (primary N) is 1. The molecule has 0 spiro atoms. The van der Waals surface area contributed by atoms with Crippen molar-refractivity contribution in [3.8, 4) is 0 Å². The summed E-state index contributed by atoms with van der Waals surface area (Å²) < 4.78 is 0. The lowest BCUT2D eigenvalue weighted by Gasteiger charge is -2.20. The standard InChI is InChI=1S/C15H16N4O2/c16-14-11-5-2-1-4-10(11)12(8-18-14)15(21)19-7-3-6-17-13(20)9-19/h1-2,4-5,8H,3,6-7,9H2,(H2,16,18)(H,17,20). The topological polar surface area (TPSA) is 88.3 Å². The van der Waals surface area contributed by atoms with Gasteiger partial charge < -0.3 is 16.0 Å². The van der Waals surface area contributed by atoms with E-state index in [1.807, 2.05) is 24.3 Å². The van der Waals surface area contributed by atoms with Gasteiger partial charge in [-0.3, -0.25) is 9.59 Å². The van der Waals surface area contributed by atoms with Gasteiger partial charge in [-0.25, -0.2) is 4.98 Å². The zero-order valence-electron chi connectivity index (χ0n) is 11.5. The van der Waals surface area contributed by atoms with Crippen molar-refractivity contribution in [1.82, 2.24) is 15.2 Å². The molecule has 0 atom stereocenters. The fraction of sp³-hybridized carbons (Fsp3) is 0.267. The number of amides is 2. The first-order valence-corrected chi connectivity index (χ1v) is 6.86. The summed E-state index contributed by atoms with van der Waals surface area (Å²) in [5.41, 5.74) is 6.33. The Kier molecular flexibility index (Phi) is 3.43. The van der Waals surface area contributed by atoms with E-state index in [1.54, 1.807) is 4.90 Å². The zero-order chi connectivity index (χ0) is 14.8. The minimum atomic E-state index is -0.184. The third kappa shape index (κ3) is 2.52. The van der Waals surface area contributed by atoms with Crippen LogP contribution in [0.4, 0.5) is 5.82 Å². The van der Waals surface area contributed by atoms with E-state index in [0.717, 1.165) is 17.2 Å². The van der Waals surface area contributed by atoms with Gasteiger partial charge in [0.05, 0.1) is 12.1 Å². The van der Waals surface area contributed by atoms with Crippen LogP contribution < -0.4 is 11.1 Å². The SMILES string of the molecule is Nc1ncc(C(=O)N2CCCNC(=O)C2)c2ccccc12. The van der Waals surface area contributed by atoms with Crippen LogP contribution in [0.15, 0.2) is 30.5 Å². The second-order valence-electron chi connectivity index (χ2n) is 5.03. The number of rotatable bonds is 1. The van der Waals surface area contributed by atoms with Crippen LogP contribution in [0, 0.1) is 0 Å². The fourth-order valence-electron chi connectivity index (χ4n) is 2.53. The molecule has 6 heteroatoms. The monoisotopic (exact) mass is 284 g/mol. The van der Waals surface area contributed by atoms with Gasteiger partial charge in [0, 0.05) is 24.7 Å². The van der Waals surface area contributed by atoms with Crippen LogP contribution in [-0.4, -0.2) is 41.3 Å². The van der Waals surface area contributed by atoms with E-state index in [9.17, 15) is 9.59 Å². The number of carbonyl (C=O) groups excluding carboxylic acids is 2. The van der Waals surface area contributed by atoms with Crippen molar-refractivity contribution in [2.24, 2.45) is 0 Å². The van der Waals surface area contributed by atoms with Crippen molar-refractivity contribution in [1.29, 1.82) is 0 Å². The molecule has 1 aromatic carbocycles. The van der Waals surface area contributed by atoms with E-state index in [2.05, 4.69) is 10.3 Å². The van der Waals surface area contributed by atoms with Crippen LogP contribution in [0.1, 0.15) is 16.8 Å². The molecule has 6 nitrogen and oxygen atoms in total. The van der Waals surface area contributed by atoms with E-state index in [0.29, 0.717) is 24.5 Å². The van der Waals surface area contributed by atoms with Crippen LogP contribution in [-0.2, 0) is 4.79 Å². The summed E-state index contributed by atoms with van der Waals surface area (Å²) in [5, 5.41) is 4.27. The highest BCUT2D eigenvalue weighted by atomic mass is 16.2. The van der Waals surface area contributed by atoms with Crippen molar-refractivity contribution in [3.05, 3.63) is 36.0 Å². The number of fused-ring (bicyclic) bond motifs is 1. The second kappa shape index (κ2) is 5.40. The van der Waals surface area contributed by atoms with Crippen LogP contribution in [0.3, 0.4) is 0 Å². The number of aromatic nitrogens is 1. The number of anilines is 1.